The standard InChI is InChI=1S/C17H18F5N3O3/c1-4-25-12(6-11(24-25)14(26)27)10-8-23-9(5-13(10)28-15(18)19)7-16(2,3)17(20,21)22/h5-6,8,15H,4,7H2,1-3H3,(H,26,27). The fraction of sp³-hybridized carbons (Fsp3) is 0.471. The number of pyridine rings is 1. The molecule has 0 bridgehead atoms. The molecule has 0 aliphatic heterocycles. The highest BCUT2D eigenvalue weighted by atomic mass is 19.4. The van der Waals surface area contributed by atoms with Crippen molar-refractivity contribution in [2.75, 3.05) is 0 Å². The summed E-state index contributed by atoms with van der Waals surface area (Å²) >= 11 is 0. The van der Waals surface area contributed by atoms with Gasteiger partial charge in [-0.05, 0) is 13.0 Å². The molecule has 0 atom stereocenters. The maximum absolute atomic E-state index is 13.1. The van der Waals surface area contributed by atoms with Crippen molar-refractivity contribution in [3.05, 3.63) is 29.7 Å². The Morgan fingerprint density at radius 3 is 2.43 bits per heavy atom. The third-order valence-electron chi connectivity index (χ3n) is 4.10. The van der Waals surface area contributed by atoms with Crippen molar-refractivity contribution in [2.24, 2.45) is 5.41 Å². The first-order valence-corrected chi connectivity index (χ1v) is 8.17. The highest BCUT2D eigenvalue weighted by Crippen LogP contribution is 2.41. The maximum Gasteiger partial charge on any atom is 0.394 e. The van der Waals surface area contributed by atoms with Crippen molar-refractivity contribution in [3.8, 4) is 17.0 Å². The van der Waals surface area contributed by atoms with Crippen LogP contribution >= 0.6 is 0 Å². The second-order valence-electron chi connectivity index (χ2n) is 6.64. The summed E-state index contributed by atoms with van der Waals surface area (Å²) in [6.07, 6.45) is -3.99. The number of carboxylic acids is 1. The van der Waals surface area contributed by atoms with E-state index in [1.54, 1.807) is 6.92 Å². The van der Waals surface area contributed by atoms with E-state index >= 15 is 0 Å². The van der Waals surface area contributed by atoms with Crippen LogP contribution in [0, 0.1) is 5.41 Å². The van der Waals surface area contributed by atoms with Gasteiger partial charge in [0.05, 0.1) is 16.7 Å². The summed E-state index contributed by atoms with van der Waals surface area (Å²) in [5, 5.41) is 12.9. The molecule has 0 radical (unpaired) electrons. The quantitative estimate of drug-likeness (QED) is 0.689. The van der Waals surface area contributed by atoms with Crippen LogP contribution in [-0.4, -0.2) is 38.6 Å². The number of carbonyl (C=O) groups is 1. The number of rotatable bonds is 7. The van der Waals surface area contributed by atoms with Crippen LogP contribution in [0.15, 0.2) is 18.3 Å². The van der Waals surface area contributed by atoms with Gasteiger partial charge in [0, 0.05) is 30.9 Å². The Morgan fingerprint density at radius 2 is 1.93 bits per heavy atom. The van der Waals surface area contributed by atoms with E-state index in [4.69, 9.17) is 5.11 Å². The van der Waals surface area contributed by atoms with E-state index < -0.39 is 36.3 Å². The molecule has 0 amide bonds. The molecule has 0 fully saturated rings. The number of nitrogens with zero attached hydrogens (tertiary/aromatic N) is 3. The van der Waals surface area contributed by atoms with Gasteiger partial charge in [0.15, 0.2) is 5.69 Å². The van der Waals surface area contributed by atoms with E-state index in [9.17, 15) is 26.7 Å². The highest BCUT2D eigenvalue weighted by molar-refractivity contribution is 5.87. The minimum Gasteiger partial charge on any atom is -0.476 e. The van der Waals surface area contributed by atoms with E-state index in [1.165, 1.54) is 4.68 Å². The molecule has 28 heavy (non-hydrogen) atoms. The van der Waals surface area contributed by atoms with Crippen LogP contribution in [0.5, 0.6) is 5.75 Å². The topological polar surface area (TPSA) is 77.2 Å². The summed E-state index contributed by atoms with van der Waals surface area (Å²) in [5.41, 5.74) is -2.41. The van der Waals surface area contributed by atoms with Gasteiger partial charge in [0.25, 0.3) is 0 Å². The Morgan fingerprint density at radius 1 is 1.29 bits per heavy atom. The number of aromatic carboxylic acids is 1. The fourth-order valence-corrected chi connectivity index (χ4v) is 2.49. The molecule has 0 aliphatic rings. The molecule has 2 aromatic heterocycles. The Hall–Kier alpha value is -2.72. The molecule has 0 aromatic carbocycles. The molecule has 154 valence electrons. The van der Waals surface area contributed by atoms with Crippen molar-refractivity contribution in [1.29, 1.82) is 0 Å². The third-order valence-corrected chi connectivity index (χ3v) is 4.10. The SMILES string of the molecule is CCn1nc(C(=O)O)cc1-c1cnc(CC(C)(C)C(F)(F)F)cc1OC(F)F. The normalized spacial score (nSPS) is 12.5. The van der Waals surface area contributed by atoms with Gasteiger partial charge in [-0.25, -0.2) is 4.79 Å². The summed E-state index contributed by atoms with van der Waals surface area (Å²) in [6.45, 7) is 0.591. The summed E-state index contributed by atoms with van der Waals surface area (Å²) in [7, 11) is 0. The van der Waals surface area contributed by atoms with Crippen LogP contribution in [0.4, 0.5) is 22.0 Å². The summed E-state index contributed by atoms with van der Waals surface area (Å²) in [6, 6.07) is 2.16. The van der Waals surface area contributed by atoms with E-state index in [0.717, 1.165) is 32.2 Å². The lowest BCUT2D eigenvalue weighted by molar-refractivity contribution is -0.211. The van der Waals surface area contributed by atoms with E-state index in [2.05, 4.69) is 14.8 Å². The average Bonchev–Trinajstić information content (AvgIpc) is 2.97. The molecule has 0 saturated heterocycles. The minimum atomic E-state index is -4.52. The number of aromatic nitrogens is 3. The first kappa shape index (κ1) is 21.6. The van der Waals surface area contributed by atoms with Crippen molar-refractivity contribution in [3.63, 3.8) is 0 Å². The van der Waals surface area contributed by atoms with Gasteiger partial charge in [0.1, 0.15) is 5.75 Å². The van der Waals surface area contributed by atoms with Crippen molar-refractivity contribution in [2.45, 2.75) is 46.5 Å². The number of carboxylic acid groups (broad SMARTS) is 1. The molecule has 2 rings (SSSR count). The number of ether oxygens (including phenoxy) is 1. The maximum atomic E-state index is 13.1. The molecule has 6 nitrogen and oxygen atoms in total. The number of halogens is 5. The van der Waals surface area contributed by atoms with Crippen LogP contribution in [-0.2, 0) is 13.0 Å². The molecule has 0 saturated carbocycles. The lowest BCUT2D eigenvalue weighted by atomic mass is 9.86. The van der Waals surface area contributed by atoms with Crippen molar-refractivity contribution >= 4 is 5.97 Å². The summed E-state index contributed by atoms with van der Waals surface area (Å²) in [4.78, 5) is 15.1. The van der Waals surface area contributed by atoms with Crippen LogP contribution in [0.3, 0.4) is 0 Å². The fourth-order valence-electron chi connectivity index (χ4n) is 2.49. The van der Waals surface area contributed by atoms with Crippen LogP contribution in [0.25, 0.3) is 11.3 Å². The minimum absolute atomic E-state index is 0.00397. The molecule has 0 spiro atoms. The highest BCUT2D eigenvalue weighted by Gasteiger charge is 2.47. The Labute approximate surface area is 156 Å². The zero-order valence-electron chi connectivity index (χ0n) is 15.2. The molecule has 0 unspecified atom stereocenters. The number of alkyl halides is 5. The van der Waals surface area contributed by atoms with Crippen molar-refractivity contribution in [1.82, 2.24) is 14.8 Å². The van der Waals surface area contributed by atoms with E-state index in [-0.39, 0.29) is 29.2 Å². The smallest absolute Gasteiger partial charge is 0.394 e. The van der Waals surface area contributed by atoms with E-state index in [0.29, 0.717) is 0 Å². The predicted molar refractivity (Wildman–Crippen MR) is 88.3 cm³/mol. The molecule has 11 heteroatoms. The summed E-state index contributed by atoms with van der Waals surface area (Å²) < 4.78 is 70.7. The molecular formula is C17H18F5N3O3. The zero-order chi connectivity index (χ0) is 21.3. The second kappa shape index (κ2) is 7.72. The Balaban J connectivity index is 2.53. The molecule has 1 N–H and O–H groups in total. The molecule has 2 heterocycles. The van der Waals surface area contributed by atoms with Crippen LogP contribution in [0.1, 0.15) is 37.0 Å². The number of hydrogen-bond acceptors (Lipinski definition) is 4. The summed E-state index contributed by atoms with van der Waals surface area (Å²) in [5.74, 6) is -1.73. The third kappa shape index (κ3) is 4.57. The van der Waals surface area contributed by atoms with Gasteiger partial charge in [-0.15, -0.1) is 0 Å². The molecular weight excluding hydrogens is 389 g/mol. The lowest BCUT2D eigenvalue weighted by Crippen LogP contribution is -2.34. The zero-order valence-corrected chi connectivity index (χ0v) is 15.2. The second-order valence-corrected chi connectivity index (χ2v) is 6.64. The van der Waals surface area contributed by atoms with E-state index in [1.807, 2.05) is 0 Å². The van der Waals surface area contributed by atoms with Crippen molar-refractivity contribution < 1.29 is 36.6 Å². The predicted octanol–water partition coefficient (Wildman–Crippen LogP) is 4.40. The lowest BCUT2D eigenvalue weighted by Gasteiger charge is -2.27. The van der Waals surface area contributed by atoms with Crippen LogP contribution < -0.4 is 4.74 Å². The average molecular weight is 407 g/mol. The molecule has 0 aliphatic carbocycles. The van der Waals surface area contributed by atoms with Crippen LogP contribution in [0.2, 0.25) is 0 Å². The van der Waals surface area contributed by atoms with Gasteiger partial charge in [0.2, 0.25) is 0 Å². The van der Waals surface area contributed by atoms with Gasteiger partial charge in [-0.3, -0.25) is 9.67 Å². The monoisotopic (exact) mass is 407 g/mol. The first-order valence-electron chi connectivity index (χ1n) is 8.17. The Bertz CT molecular complexity index is 862. The first-order chi connectivity index (χ1) is 12.9. The number of hydrogen-bond donors (Lipinski definition) is 1. The largest absolute Gasteiger partial charge is 0.476 e. The van der Waals surface area contributed by atoms with Gasteiger partial charge in [-0.1, -0.05) is 13.8 Å². The van der Waals surface area contributed by atoms with Gasteiger partial charge in [-0.2, -0.15) is 27.1 Å². The number of aryl methyl sites for hydroxylation is 1. The molecule has 2 aromatic rings. The van der Waals surface area contributed by atoms with Gasteiger partial charge >= 0.3 is 18.8 Å². The van der Waals surface area contributed by atoms with Gasteiger partial charge < -0.3 is 9.84 Å². The Kier molecular flexibility index (Phi) is 5.95.